The van der Waals surface area contributed by atoms with Crippen LogP contribution in [0, 0.1) is 0 Å². The van der Waals surface area contributed by atoms with E-state index in [4.69, 9.17) is 18.0 Å². The van der Waals surface area contributed by atoms with E-state index >= 15 is 0 Å². The molecule has 1 nitrogen and oxygen atoms in total. The minimum absolute atomic E-state index is 0.293. The molecule has 0 heterocycles. The van der Waals surface area contributed by atoms with Crippen molar-refractivity contribution in [1.29, 1.82) is 0 Å². The van der Waals surface area contributed by atoms with E-state index in [0.29, 0.717) is 6.04 Å². The molecule has 0 aliphatic heterocycles. The van der Waals surface area contributed by atoms with Crippen molar-refractivity contribution >= 4 is 36.7 Å². The van der Waals surface area contributed by atoms with E-state index in [1.54, 1.807) is 0 Å². The van der Waals surface area contributed by atoms with E-state index in [9.17, 15) is 0 Å². The molecule has 0 saturated carbocycles. The second kappa shape index (κ2) is 8.45. The first-order valence-corrected chi connectivity index (χ1v) is 8.38. The molecule has 0 fully saturated rings. The molecule has 2 unspecified atom stereocenters. The second-order valence-corrected chi connectivity index (χ2v) is 9.47. The summed E-state index contributed by atoms with van der Waals surface area (Å²) in [5.74, 6) is 0. The van der Waals surface area contributed by atoms with Crippen molar-refractivity contribution in [2.45, 2.75) is 49.5 Å². The maximum absolute atomic E-state index is 5.66. The molecular formula is C9H19NSSn. The topological polar surface area (TPSA) is 26.0 Å². The van der Waals surface area contributed by atoms with Crippen LogP contribution in [-0.2, 0) is 0 Å². The zero-order valence-corrected chi connectivity index (χ0v) is 11.7. The normalized spacial score (nSPS) is 15.6. The molecule has 2 radical (unpaired) electrons. The molecule has 0 aromatic carbocycles. The fourth-order valence-electron chi connectivity index (χ4n) is 1.12. The molecule has 3 heteroatoms. The quantitative estimate of drug-likeness (QED) is 0.443. The van der Waals surface area contributed by atoms with Gasteiger partial charge in [-0.25, -0.2) is 0 Å². The standard InChI is InChI=1S/C8H18N.CHS.Sn/c1-3-4-5-6-7-8(2)9;1-2;/h3,8H,4-7,9H2,1-2H3;1H;. The molecule has 0 aromatic heterocycles. The number of thiocarbonyl (C=S) groups is 1. The first-order valence-electron chi connectivity index (χ1n) is 4.62. The molecule has 70 valence electrons. The van der Waals surface area contributed by atoms with Crippen molar-refractivity contribution in [1.82, 2.24) is 0 Å². The second-order valence-electron chi connectivity index (χ2n) is 3.45. The van der Waals surface area contributed by atoms with Gasteiger partial charge in [-0.15, -0.1) is 0 Å². The van der Waals surface area contributed by atoms with Crippen molar-refractivity contribution in [3.63, 3.8) is 0 Å². The molecule has 12 heavy (non-hydrogen) atoms. The molecule has 2 N–H and O–H groups in total. The Morgan fingerprint density at radius 2 is 1.92 bits per heavy atom. The van der Waals surface area contributed by atoms with E-state index in [0.717, 1.165) is 3.93 Å². The summed E-state index contributed by atoms with van der Waals surface area (Å²) in [5, 5.41) is 0. The Morgan fingerprint density at radius 3 is 2.42 bits per heavy atom. The molecule has 0 rings (SSSR count). The Bertz CT molecular complexity index is 117. The van der Waals surface area contributed by atoms with Gasteiger partial charge in [-0.05, 0) is 0 Å². The predicted molar refractivity (Wildman–Crippen MR) is 61.0 cm³/mol. The summed E-state index contributed by atoms with van der Waals surface area (Å²) in [6.45, 7) is 4.41. The summed E-state index contributed by atoms with van der Waals surface area (Å²) in [6, 6.07) is 0.380. The molecule has 0 aromatic rings. The number of nitrogens with two attached hydrogens (primary N) is 1. The summed E-state index contributed by atoms with van der Waals surface area (Å²) in [5.41, 5.74) is 5.66. The van der Waals surface area contributed by atoms with Crippen LogP contribution in [0.1, 0.15) is 39.5 Å². The van der Waals surface area contributed by atoms with Crippen LogP contribution in [-0.4, -0.2) is 30.6 Å². The number of hydrogen-bond acceptors (Lipinski definition) is 2. The van der Waals surface area contributed by atoms with E-state index in [1.165, 1.54) is 25.7 Å². The monoisotopic (exact) mass is 293 g/mol. The summed E-state index contributed by atoms with van der Waals surface area (Å²) < 4.78 is 2.94. The van der Waals surface area contributed by atoms with E-state index in [1.807, 2.05) is 3.38 Å². The third-order valence-electron chi connectivity index (χ3n) is 1.90. The predicted octanol–water partition coefficient (Wildman–Crippen LogP) is 2.36. The van der Waals surface area contributed by atoms with Crippen LogP contribution >= 0.6 is 12.2 Å². The summed E-state index contributed by atoms with van der Waals surface area (Å²) in [4.78, 5) is 0. The summed E-state index contributed by atoms with van der Waals surface area (Å²) in [6.07, 6.45) is 5.17. The minimum atomic E-state index is -0.293. The van der Waals surface area contributed by atoms with Crippen LogP contribution in [0.5, 0.6) is 0 Å². The van der Waals surface area contributed by atoms with Gasteiger partial charge >= 0.3 is 92.0 Å². The first-order chi connectivity index (χ1) is 5.66. The van der Waals surface area contributed by atoms with Gasteiger partial charge in [-0.2, -0.15) is 0 Å². The van der Waals surface area contributed by atoms with Crippen LogP contribution < -0.4 is 5.73 Å². The molecule has 0 amide bonds. The van der Waals surface area contributed by atoms with E-state index in [2.05, 4.69) is 13.8 Å². The van der Waals surface area contributed by atoms with Crippen molar-refractivity contribution < 1.29 is 0 Å². The molecular weight excluding hydrogens is 273 g/mol. The number of rotatable bonds is 7. The van der Waals surface area contributed by atoms with Gasteiger partial charge in [0.25, 0.3) is 0 Å². The van der Waals surface area contributed by atoms with Crippen molar-refractivity contribution in [2.75, 3.05) is 0 Å². The third-order valence-corrected chi connectivity index (χ3v) is 5.65. The van der Waals surface area contributed by atoms with Gasteiger partial charge in [0, 0.05) is 0 Å². The summed E-state index contributed by atoms with van der Waals surface area (Å²) >= 11 is 4.59. The van der Waals surface area contributed by atoms with Gasteiger partial charge in [0.05, 0.1) is 0 Å². The molecule has 0 saturated heterocycles. The van der Waals surface area contributed by atoms with Crippen LogP contribution in [0.25, 0.3) is 0 Å². The summed E-state index contributed by atoms with van der Waals surface area (Å²) in [7, 11) is 0. The molecule has 0 spiro atoms. The Labute approximate surface area is 91.7 Å². The third kappa shape index (κ3) is 8.94. The Balaban J connectivity index is 3.13. The van der Waals surface area contributed by atoms with Gasteiger partial charge in [-0.1, -0.05) is 0 Å². The Kier molecular flexibility index (Phi) is 9.04. The number of hydrogen-bond donors (Lipinski definition) is 1. The average Bonchev–Trinajstić information content (AvgIpc) is 1.98. The van der Waals surface area contributed by atoms with Crippen molar-refractivity contribution in [3.05, 3.63) is 0 Å². The van der Waals surface area contributed by atoms with Crippen LogP contribution in [0.2, 0.25) is 3.93 Å². The van der Waals surface area contributed by atoms with Gasteiger partial charge in [0.1, 0.15) is 0 Å². The van der Waals surface area contributed by atoms with Gasteiger partial charge < -0.3 is 0 Å². The molecule has 0 bridgehead atoms. The van der Waals surface area contributed by atoms with Gasteiger partial charge in [-0.3, -0.25) is 0 Å². The van der Waals surface area contributed by atoms with Crippen molar-refractivity contribution in [2.24, 2.45) is 5.73 Å². The fraction of sp³-hybridized carbons (Fsp3) is 0.889. The van der Waals surface area contributed by atoms with Crippen molar-refractivity contribution in [3.8, 4) is 0 Å². The first kappa shape index (κ1) is 12.8. The van der Waals surface area contributed by atoms with Gasteiger partial charge in [0.2, 0.25) is 0 Å². The van der Waals surface area contributed by atoms with E-state index in [-0.39, 0.29) is 21.1 Å². The molecule has 0 aliphatic rings. The van der Waals surface area contributed by atoms with Crippen LogP contribution in [0.15, 0.2) is 0 Å². The fourth-order valence-corrected chi connectivity index (χ4v) is 4.40. The molecule has 2 atom stereocenters. The Morgan fingerprint density at radius 1 is 1.33 bits per heavy atom. The molecule has 0 aliphatic carbocycles. The van der Waals surface area contributed by atoms with Gasteiger partial charge in [0.15, 0.2) is 0 Å². The van der Waals surface area contributed by atoms with Crippen LogP contribution in [0.3, 0.4) is 0 Å². The average molecular weight is 292 g/mol. The van der Waals surface area contributed by atoms with E-state index < -0.39 is 0 Å². The SMILES string of the molecule is CC(N)CCCC[CH](C)[Sn][CH]=S. The maximum atomic E-state index is 5.66. The number of unbranched alkanes of at least 4 members (excludes halogenated alkanes) is 1. The van der Waals surface area contributed by atoms with Crippen LogP contribution in [0.4, 0.5) is 0 Å². The zero-order valence-electron chi connectivity index (χ0n) is 8.05. The zero-order chi connectivity index (χ0) is 9.40. The Hall–Kier alpha value is 0.849.